The van der Waals surface area contributed by atoms with Crippen LogP contribution in [0.1, 0.15) is 61.4 Å². The van der Waals surface area contributed by atoms with E-state index in [1.54, 1.807) is 28.9 Å². The topological polar surface area (TPSA) is 105 Å². The van der Waals surface area contributed by atoms with Crippen LogP contribution in [0.2, 0.25) is 0 Å². The van der Waals surface area contributed by atoms with Crippen molar-refractivity contribution in [2.75, 3.05) is 0 Å². The zero-order valence-corrected chi connectivity index (χ0v) is 15.7. The van der Waals surface area contributed by atoms with Gasteiger partial charge >= 0.3 is 5.97 Å². The minimum atomic E-state index is -0.592. The van der Waals surface area contributed by atoms with Gasteiger partial charge in [0.25, 0.3) is 5.56 Å². The van der Waals surface area contributed by atoms with E-state index in [-0.39, 0.29) is 17.9 Å². The third kappa shape index (κ3) is 3.64. The molecule has 28 heavy (non-hydrogen) atoms. The van der Waals surface area contributed by atoms with Crippen LogP contribution in [0.4, 0.5) is 0 Å². The minimum absolute atomic E-state index is 0.0344. The lowest BCUT2D eigenvalue weighted by atomic mass is 10.1. The van der Waals surface area contributed by atoms with Crippen LogP contribution >= 0.6 is 0 Å². The van der Waals surface area contributed by atoms with Crippen molar-refractivity contribution < 1.29 is 9.53 Å². The van der Waals surface area contributed by atoms with E-state index in [4.69, 9.17) is 4.74 Å². The lowest BCUT2D eigenvalue weighted by molar-refractivity contribution is 0.0449. The normalized spacial score (nSPS) is 13.8. The Morgan fingerprint density at radius 2 is 2.00 bits per heavy atom. The fourth-order valence-corrected chi connectivity index (χ4v) is 3.16. The van der Waals surface area contributed by atoms with Gasteiger partial charge in [0.05, 0.1) is 11.4 Å². The summed E-state index contributed by atoms with van der Waals surface area (Å²) in [6.07, 6.45) is 4.91. The second kappa shape index (κ2) is 7.87. The zero-order chi connectivity index (χ0) is 19.5. The van der Waals surface area contributed by atoms with Gasteiger partial charge < -0.3 is 4.74 Å². The summed E-state index contributed by atoms with van der Waals surface area (Å²) in [7, 11) is 0. The fourth-order valence-electron chi connectivity index (χ4n) is 3.16. The lowest BCUT2D eigenvalue weighted by Gasteiger charge is -2.11. The lowest BCUT2D eigenvalue weighted by Crippen LogP contribution is -2.26. The summed E-state index contributed by atoms with van der Waals surface area (Å²) in [6.45, 7) is 2.53. The SMILES string of the molecule is CCCCCn1nc(C(=O)OCc2nnnn2C2CC2)c2ccccc2c1=O. The number of unbranched alkanes of at least 4 members (excludes halogenated alkanes) is 2. The molecule has 1 saturated carbocycles. The highest BCUT2D eigenvalue weighted by molar-refractivity contribution is 6.02. The maximum atomic E-state index is 12.8. The summed E-state index contributed by atoms with van der Waals surface area (Å²) < 4.78 is 8.50. The monoisotopic (exact) mass is 382 g/mol. The molecule has 9 nitrogen and oxygen atoms in total. The molecule has 0 spiro atoms. The Bertz CT molecular complexity index is 1050. The molecule has 3 aromatic rings. The molecule has 0 unspecified atom stereocenters. The molecule has 0 N–H and O–H groups in total. The summed E-state index contributed by atoms with van der Waals surface area (Å²) in [4.78, 5) is 25.5. The fraction of sp³-hybridized carbons (Fsp3) is 0.474. The summed E-state index contributed by atoms with van der Waals surface area (Å²) in [5.74, 6) is -0.0813. The number of benzene rings is 1. The smallest absolute Gasteiger partial charge is 0.359 e. The average molecular weight is 382 g/mol. The number of hydrogen-bond acceptors (Lipinski definition) is 7. The van der Waals surface area contributed by atoms with Gasteiger partial charge in [0.15, 0.2) is 18.1 Å². The van der Waals surface area contributed by atoms with Crippen LogP contribution in [0.15, 0.2) is 29.1 Å². The van der Waals surface area contributed by atoms with E-state index in [1.807, 2.05) is 0 Å². The molecule has 0 saturated heterocycles. The molecule has 0 aliphatic heterocycles. The number of hydrogen-bond donors (Lipinski definition) is 0. The van der Waals surface area contributed by atoms with Crippen molar-refractivity contribution in [3.05, 3.63) is 46.1 Å². The van der Waals surface area contributed by atoms with Crippen LogP contribution in [0.3, 0.4) is 0 Å². The number of ether oxygens (including phenoxy) is 1. The number of nitrogens with zero attached hydrogens (tertiary/aromatic N) is 6. The first-order valence-corrected chi connectivity index (χ1v) is 9.62. The molecule has 1 aromatic carbocycles. The van der Waals surface area contributed by atoms with Crippen LogP contribution in [-0.4, -0.2) is 36.0 Å². The molecule has 1 fully saturated rings. The molecule has 1 aliphatic rings. The van der Waals surface area contributed by atoms with Gasteiger partial charge in [0.2, 0.25) is 0 Å². The quantitative estimate of drug-likeness (QED) is 0.435. The zero-order valence-electron chi connectivity index (χ0n) is 15.7. The van der Waals surface area contributed by atoms with Crippen molar-refractivity contribution in [2.24, 2.45) is 0 Å². The highest BCUT2D eigenvalue weighted by Gasteiger charge is 2.28. The van der Waals surface area contributed by atoms with Crippen LogP contribution < -0.4 is 5.56 Å². The first-order chi connectivity index (χ1) is 13.7. The Kier molecular flexibility index (Phi) is 5.14. The second-order valence-corrected chi connectivity index (χ2v) is 6.98. The number of fused-ring (bicyclic) bond motifs is 1. The van der Waals surface area contributed by atoms with Crippen molar-refractivity contribution >= 4 is 16.7 Å². The molecule has 2 aromatic heterocycles. The summed E-state index contributed by atoms with van der Waals surface area (Å²) >= 11 is 0. The number of aromatic nitrogens is 6. The van der Waals surface area contributed by atoms with Crippen LogP contribution in [-0.2, 0) is 17.9 Å². The number of rotatable bonds is 8. The molecular weight excluding hydrogens is 360 g/mol. The maximum Gasteiger partial charge on any atom is 0.359 e. The van der Waals surface area contributed by atoms with Crippen molar-refractivity contribution in [2.45, 2.75) is 58.2 Å². The standard InChI is InChI=1S/C19H22N6O3/c1-2-3-6-11-24-18(26)15-8-5-4-7-14(15)17(21-24)19(27)28-12-16-20-22-23-25(16)13-9-10-13/h4-5,7-8,13H,2-3,6,9-12H2,1H3. The first-order valence-electron chi connectivity index (χ1n) is 9.62. The van der Waals surface area contributed by atoms with Crippen molar-refractivity contribution in [3.63, 3.8) is 0 Å². The summed E-state index contributed by atoms with van der Waals surface area (Å²) in [6, 6.07) is 7.27. The second-order valence-electron chi connectivity index (χ2n) is 6.98. The number of carbonyl (C=O) groups excluding carboxylic acids is 1. The Hall–Kier alpha value is -3.10. The van der Waals surface area contributed by atoms with Crippen molar-refractivity contribution in [1.29, 1.82) is 0 Å². The summed E-state index contributed by atoms with van der Waals surface area (Å²) in [5, 5.41) is 16.8. The summed E-state index contributed by atoms with van der Waals surface area (Å²) in [5.41, 5.74) is -0.0573. The minimum Gasteiger partial charge on any atom is -0.453 e. The largest absolute Gasteiger partial charge is 0.453 e. The van der Waals surface area contributed by atoms with Gasteiger partial charge in [0.1, 0.15) is 0 Å². The average Bonchev–Trinajstić information content (AvgIpc) is 3.46. The highest BCUT2D eigenvalue weighted by atomic mass is 16.5. The molecule has 1 aliphatic carbocycles. The maximum absolute atomic E-state index is 12.8. The Morgan fingerprint density at radius 3 is 2.75 bits per heavy atom. The molecule has 0 radical (unpaired) electrons. The van der Waals surface area contributed by atoms with Crippen LogP contribution in [0, 0.1) is 0 Å². The van der Waals surface area contributed by atoms with Gasteiger partial charge in [-0.2, -0.15) is 5.10 Å². The highest BCUT2D eigenvalue weighted by Crippen LogP contribution is 2.34. The number of esters is 1. The number of carbonyl (C=O) groups is 1. The van der Waals surface area contributed by atoms with Crippen LogP contribution in [0.25, 0.3) is 10.8 Å². The molecule has 2 heterocycles. The molecule has 0 bridgehead atoms. The van der Waals surface area contributed by atoms with Gasteiger partial charge in [-0.15, -0.1) is 5.10 Å². The molecular formula is C19H22N6O3. The molecule has 146 valence electrons. The van der Waals surface area contributed by atoms with Gasteiger partial charge in [-0.1, -0.05) is 38.0 Å². The van der Waals surface area contributed by atoms with E-state index in [0.29, 0.717) is 29.2 Å². The number of aryl methyl sites for hydroxylation is 1. The molecule has 0 amide bonds. The Balaban J connectivity index is 1.60. The Labute approximate surface area is 161 Å². The van der Waals surface area contributed by atoms with E-state index < -0.39 is 5.97 Å². The predicted octanol–water partition coefficient (Wildman–Crippen LogP) is 2.27. The molecule has 0 atom stereocenters. The van der Waals surface area contributed by atoms with Gasteiger partial charge in [-0.25, -0.2) is 14.2 Å². The third-order valence-electron chi connectivity index (χ3n) is 4.82. The van der Waals surface area contributed by atoms with Crippen LogP contribution in [0.5, 0.6) is 0 Å². The first kappa shape index (κ1) is 18.3. The van der Waals surface area contributed by atoms with Crippen molar-refractivity contribution in [3.8, 4) is 0 Å². The molecule has 4 rings (SSSR count). The third-order valence-corrected chi connectivity index (χ3v) is 4.82. The van der Waals surface area contributed by atoms with E-state index in [2.05, 4.69) is 27.5 Å². The van der Waals surface area contributed by atoms with Gasteiger partial charge in [-0.05, 0) is 35.8 Å². The molecule has 9 heteroatoms. The van der Waals surface area contributed by atoms with E-state index in [9.17, 15) is 9.59 Å². The van der Waals surface area contributed by atoms with Crippen molar-refractivity contribution in [1.82, 2.24) is 30.0 Å². The predicted molar refractivity (Wildman–Crippen MR) is 101 cm³/mol. The Morgan fingerprint density at radius 1 is 1.21 bits per heavy atom. The van der Waals surface area contributed by atoms with E-state index in [1.165, 1.54) is 4.68 Å². The van der Waals surface area contributed by atoms with E-state index >= 15 is 0 Å². The van der Waals surface area contributed by atoms with E-state index in [0.717, 1.165) is 32.1 Å². The van der Waals surface area contributed by atoms with Gasteiger partial charge in [-0.3, -0.25) is 4.79 Å². The van der Waals surface area contributed by atoms with Gasteiger partial charge in [0, 0.05) is 11.9 Å². The number of tetrazole rings is 1.